The molecule has 0 saturated heterocycles. The molecule has 1 aromatic carbocycles. The fraction of sp³-hybridized carbons (Fsp3) is 0.647. The first kappa shape index (κ1) is 14.8. The third-order valence-electron chi connectivity index (χ3n) is 4.50. The summed E-state index contributed by atoms with van der Waals surface area (Å²) in [5, 5.41) is 5.31. The molecule has 106 valence electrons. The third kappa shape index (κ3) is 4.18. The van der Waals surface area contributed by atoms with Crippen LogP contribution in [0, 0.1) is 5.92 Å². The zero-order valence-corrected chi connectivity index (χ0v) is 14.0. The second-order valence-electron chi connectivity index (χ2n) is 7.20. The van der Waals surface area contributed by atoms with Crippen molar-refractivity contribution in [2.24, 2.45) is 5.92 Å². The lowest BCUT2D eigenvalue weighted by Gasteiger charge is -2.29. The first-order valence-electron chi connectivity index (χ1n) is 7.79. The van der Waals surface area contributed by atoms with Crippen molar-refractivity contribution in [3.05, 3.63) is 29.8 Å². The molecule has 1 aliphatic rings. The number of benzene rings is 1. The van der Waals surface area contributed by atoms with Gasteiger partial charge in [-0.15, -0.1) is 0 Å². The van der Waals surface area contributed by atoms with Crippen LogP contribution < -0.4 is 10.5 Å². The van der Waals surface area contributed by atoms with Crippen LogP contribution >= 0.6 is 0 Å². The van der Waals surface area contributed by atoms with Crippen LogP contribution in [0.15, 0.2) is 24.3 Å². The van der Waals surface area contributed by atoms with Crippen LogP contribution in [0.1, 0.15) is 38.2 Å². The van der Waals surface area contributed by atoms with Crippen molar-refractivity contribution in [3.63, 3.8) is 0 Å². The van der Waals surface area contributed by atoms with Crippen molar-refractivity contribution in [2.45, 2.75) is 64.8 Å². The van der Waals surface area contributed by atoms with Gasteiger partial charge in [-0.05, 0) is 24.3 Å². The van der Waals surface area contributed by atoms with Crippen LogP contribution in [-0.4, -0.2) is 14.1 Å². The Morgan fingerprint density at radius 2 is 1.68 bits per heavy atom. The minimum absolute atomic E-state index is 0.727. The molecule has 1 N–H and O–H groups in total. The van der Waals surface area contributed by atoms with E-state index in [0.717, 1.165) is 18.5 Å². The standard InChI is InChI=1S/C17H29NSi/c1-14-7-5-6-8-17(14)18-13-15-9-11-16(12-10-15)19(2,3)4/h9-12,14,17-18H,5-8,13H2,1-4H3. The highest BCUT2D eigenvalue weighted by atomic mass is 28.3. The van der Waals surface area contributed by atoms with E-state index in [-0.39, 0.29) is 0 Å². The highest BCUT2D eigenvalue weighted by molar-refractivity contribution is 6.88. The van der Waals surface area contributed by atoms with Crippen molar-refractivity contribution in [1.82, 2.24) is 5.32 Å². The van der Waals surface area contributed by atoms with Gasteiger partial charge in [0.15, 0.2) is 0 Å². The maximum atomic E-state index is 3.76. The lowest BCUT2D eigenvalue weighted by atomic mass is 9.86. The Bertz CT molecular complexity index is 391. The van der Waals surface area contributed by atoms with Gasteiger partial charge in [-0.3, -0.25) is 0 Å². The summed E-state index contributed by atoms with van der Waals surface area (Å²) in [4.78, 5) is 0. The van der Waals surface area contributed by atoms with Crippen LogP contribution in [-0.2, 0) is 6.54 Å². The zero-order chi connectivity index (χ0) is 13.9. The van der Waals surface area contributed by atoms with Crippen molar-refractivity contribution in [2.75, 3.05) is 0 Å². The molecule has 0 amide bonds. The first-order valence-corrected chi connectivity index (χ1v) is 11.3. The lowest BCUT2D eigenvalue weighted by molar-refractivity contribution is 0.279. The average molecular weight is 276 g/mol. The molecule has 1 nitrogen and oxygen atoms in total. The monoisotopic (exact) mass is 275 g/mol. The maximum Gasteiger partial charge on any atom is 0.0775 e. The lowest BCUT2D eigenvalue weighted by Crippen LogP contribution is -2.38. The Kier molecular flexibility index (Phi) is 4.85. The Balaban J connectivity index is 1.89. The quantitative estimate of drug-likeness (QED) is 0.822. The molecule has 0 heterocycles. The van der Waals surface area contributed by atoms with Crippen LogP contribution in [0.5, 0.6) is 0 Å². The van der Waals surface area contributed by atoms with Gasteiger partial charge in [0.05, 0.1) is 8.07 Å². The van der Waals surface area contributed by atoms with Gasteiger partial charge in [0.1, 0.15) is 0 Å². The van der Waals surface area contributed by atoms with Gasteiger partial charge in [0, 0.05) is 12.6 Å². The van der Waals surface area contributed by atoms with E-state index in [1.54, 1.807) is 5.19 Å². The van der Waals surface area contributed by atoms with Gasteiger partial charge in [-0.1, -0.05) is 68.9 Å². The van der Waals surface area contributed by atoms with Gasteiger partial charge < -0.3 is 5.32 Å². The molecule has 1 aromatic rings. The van der Waals surface area contributed by atoms with Crippen molar-refractivity contribution in [3.8, 4) is 0 Å². The summed E-state index contributed by atoms with van der Waals surface area (Å²) in [5.74, 6) is 0.843. The summed E-state index contributed by atoms with van der Waals surface area (Å²) < 4.78 is 0. The molecule has 0 aromatic heterocycles. The highest BCUT2D eigenvalue weighted by Crippen LogP contribution is 2.23. The number of rotatable bonds is 4. The summed E-state index contributed by atoms with van der Waals surface area (Å²) in [7, 11) is -1.14. The molecule has 0 spiro atoms. The Hall–Kier alpha value is -0.603. The zero-order valence-electron chi connectivity index (χ0n) is 13.0. The smallest absolute Gasteiger partial charge is 0.0775 e. The topological polar surface area (TPSA) is 12.0 Å². The second kappa shape index (κ2) is 6.23. The third-order valence-corrected chi connectivity index (χ3v) is 6.57. The van der Waals surface area contributed by atoms with Crippen molar-refractivity contribution >= 4 is 13.3 Å². The van der Waals surface area contributed by atoms with E-state index in [2.05, 4.69) is 56.1 Å². The maximum absolute atomic E-state index is 3.76. The summed E-state index contributed by atoms with van der Waals surface area (Å²) in [5.41, 5.74) is 1.43. The van der Waals surface area contributed by atoms with Gasteiger partial charge in [0.2, 0.25) is 0 Å². The molecule has 0 aliphatic heterocycles. The van der Waals surface area contributed by atoms with Crippen LogP contribution in [0.2, 0.25) is 19.6 Å². The summed E-state index contributed by atoms with van der Waals surface area (Å²) >= 11 is 0. The summed E-state index contributed by atoms with van der Waals surface area (Å²) in [6.45, 7) is 10.6. The summed E-state index contributed by atoms with van der Waals surface area (Å²) in [6.07, 6.45) is 5.57. The average Bonchev–Trinajstić information content (AvgIpc) is 2.37. The van der Waals surface area contributed by atoms with Crippen molar-refractivity contribution < 1.29 is 0 Å². The highest BCUT2D eigenvalue weighted by Gasteiger charge is 2.20. The molecule has 0 bridgehead atoms. The minimum atomic E-state index is -1.14. The van der Waals surface area contributed by atoms with Gasteiger partial charge >= 0.3 is 0 Å². The van der Waals surface area contributed by atoms with Crippen LogP contribution in [0.4, 0.5) is 0 Å². The molecule has 0 radical (unpaired) electrons. The Morgan fingerprint density at radius 3 is 2.26 bits per heavy atom. The van der Waals surface area contributed by atoms with E-state index < -0.39 is 8.07 Å². The van der Waals surface area contributed by atoms with Crippen molar-refractivity contribution in [1.29, 1.82) is 0 Å². The van der Waals surface area contributed by atoms with E-state index in [9.17, 15) is 0 Å². The Morgan fingerprint density at radius 1 is 1.05 bits per heavy atom. The SMILES string of the molecule is CC1CCCCC1NCc1ccc([Si](C)(C)C)cc1. The predicted molar refractivity (Wildman–Crippen MR) is 87.7 cm³/mol. The van der Waals surface area contributed by atoms with E-state index >= 15 is 0 Å². The predicted octanol–water partition coefficient (Wildman–Crippen LogP) is 3.90. The molecule has 2 rings (SSSR count). The van der Waals surface area contributed by atoms with Crippen LogP contribution in [0.25, 0.3) is 0 Å². The minimum Gasteiger partial charge on any atom is -0.310 e. The molecule has 2 atom stereocenters. The second-order valence-corrected chi connectivity index (χ2v) is 12.3. The molecule has 2 unspecified atom stereocenters. The van der Waals surface area contributed by atoms with Gasteiger partial charge in [-0.25, -0.2) is 0 Å². The molecule has 1 aliphatic carbocycles. The molecule has 2 heteroatoms. The van der Waals surface area contributed by atoms with Crippen LogP contribution in [0.3, 0.4) is 0 Å². The normalized spacial score (nSPS) is 24.4. The van der Waals surface area contributed by atoms with E-state index in [4.69, 9.17) is 0 Å². The molecule has 1 saturated carbocycles. The number of nitrogens with one attached hydrogen (secondary N) is 1. The molecule has 1 fully saturated rings. The van der Waals surface area contributed by atoms with Gasteiger partial charge in [-0.2, -0.15) is 0 Å². The Labute approximate surface area is 119 Å². The number of hydrogen-bond donors (Lipinski definition) is 1. The van der Waals surface area contributed by atoms with E-state index in [0.29, 0.717) is 0 Å². The fourth-order valence-electron chi connectivity index (χ4n) is 2.99. The van der Waals surface area contributed by atoms with E-state index in [1.807, 2.05) is 0 Å². The molecular formula is C17H29NSi. The van der Waals surface area contributed by atoms with Gasteiger partial charge in [0.25, 0.3) is 0 Å². The molecular weight excluding hydrogens is 246 g/mol. The first-order chi connectivity index (χ1) is 8.97. The fourth-order valence-corrected chi connectivity index (χ4v) is 4.16. The largest absolute Gasteiger partial charge is 0.310 e. The number of hydrogen-bond acceptors (Lipinski definition) is 1. The molecule has 19 heavy (non-hydrogen) atoms. The van der Waals surface area contributed by atoms with E-state index in [1.165, 1.54) is 31.2 Å². The summed E-state index contributed by atoms with van der Waals surface area (Å²) in [6, 6.07) is 10.0.